The maximum atomic E-state index is 6.47. The first-order valence-electron chi connectivity index (χ1n) is 3.79. The molecular formula is C6H15ClS3Si. The van der Waals surface area contributed by atoms with E-state index in [-0.39, 0.29) is 0 Å². The molecule has 0 unspecified atom stereocenters. The van der Waals surface area contributed by atoms with Crippen molar-refractivity contribution in [2.45, 2.75) is 20.8 Å². The molecule has 0 heterocycles. The molecule has 0 aliphatic carbocycles. The van der Waals surface area contributed by atoms with Gasteiger partial charge in [0.05, 0.1) is 0 Å². The minimum absolute atomic E-state index is 1.15. The summed E-state index contributed by atoms with van der Waals surface area (Å²) >= 11 is 12.3. The van der Waals surface area contributed by atoms with Crippen LogP contribution in [0.4, 0.5) is 0 Å². The summed E-state index contributed by atoms with van der Waals surface area (Å²) in [7, 11) is 0. The second-order valence-electron chi connectivity index (χ2n) is 1.78. The summed E-state index contributed by atoms with van der Waals surface area (Å²) in [6.07, 6.45) is 0. The summed E-state index contributed by atoms with van der Waals surface area (Å²) < 4.78 is 0. The van der Waals surface area contributed by atoms with Crippen LogP contribution in [-0.2, 0) is 0 Å². The summed E-state index contributed by atoms with van der Waals surface area (Å²) in [4.78, 5) is -1.53. The van der Waals surface area contributed by atoms with E-state index in [1.807, 2.05) is 33.6 Å². The predicted molar refractivity (Wildman–Crippen MR) is 66.0 cm³/mol. The van der Waals surface area contributed by atoms with Crippen LogP contribution in [0.3, 0.4) is 0 Å². The van der Waals surface area contributed by atoms with Crippen LogP contribution in [0.2, 0.25) is 0 Å². The molecule has 0 aliphatic heterocycles. The Labute approximate surface area is 87.3 Å². The van der Waals surface area contributed by atoms with Crippen LogP contribution in [0, 0.1) is 0 Å². The largest absolute Gasteiger partial charge is 0.335 e. The summed E-state index contributed by atoms with van der Waals surface area (Å²) in [5.41, 5.74) is 0. The Morgan fingerprint density at radius 1 is 0.909 bits per heavy atom. The fourth-order valence-corrected chi connectivity index (χ4v) is 17.3. The number of hydrogen-bond donors (Lipinski definition) is 0. The molecule has 0 aliphatic rings. The van der Waals surface area contributed by atoms with Gasteiger partial charge < -0.3 is 0 Å². The van der Waals surface area contributed by atoms with Gasteiger partial charge in [0.15, 0.2) is 0 Å². The smallest absolute Gasteiger partial charge is 0.147 e. The van der Waals surface area contributed by atoms with Crippen molar-refractivity contribution in [3.8, 4) is 0 Å². The van der Waals surface area contributed by atoms with Crippen molar-refractivity contribution in [3.05, 3.63) is 0 Å². The average Bonchev–Trinajstić information content (AvgIpc) is 1.88. The molecule has 0 aromatic carbocycles. The Morgan fingerprint density at radius 3 is 1.36 bits per heavy atom. The topological polar surface area (TPSA) is 0 Å². The standard InChI is InChI=1S/C6H15ClS3Si/c1-4-8-11(7,9-5-2)10-6-3/h4-6H2,1-3H3. The number of halogens is 1. The molecule has 5 heteroatoms. The van der Waals surface area contributed by atoms with E-state index in [0.717, 1.165) is 17.3 Å². The third kappa shape index (κ3) is 5.74. The second kappa shape index (κ2) is 7.01. The molecule has 0 bridgehead atoms. The molecule has 0 nitrogen and oxygen atoms in total. The third-order valence-electron chi connectivity index (χ3n) is 0.950. The second-order valence-corrected chi connectivity index (χ2v) is 19.5. The summed E-state index contributed by atoms with van der Waals surface area (Å²) in [5, 5.41) is 0. The lowest BCUT2D eigenvalue weighted by Crippen LogP contribution is -2.14. The SMILES string of the molecule is CCS[Si](Cl)(SCC)SCC. The molecule has 0 rings (SSSR count). The third-order valence-corrected chi connectivity index (χ3v) is 17.9. The molecule has 68 valence electrons. The highest BCUT2D eigenvalue weighted by molar-refractivity contribution is 8.85. The Bertz CT molecular complexity index is 84.8. The van der Waals surface area contributed by atoms with Crippen molar-refractivity contribution < 1.29 is 0 Å². The highest BCUT2D eigenvalue weighted by Crippen LogP contribution is 2.44. The van der Waals surface area contributed by atoms with E-state index in [0.29, 0.717) is 0 Å². The quantitative estimate of drug-likeness (QED) is 0.515. The van der Waals surface area contributed by atoms with Crippen molar-refractivity contribution in [1.82, 2.24) is 0 Å². The molecule has 11 heavy (non-hydrogen) atoms. The van der Waals surface area contributed by atoms with E-state index < -0.39 is 4.83 Å². The molecule has 0 atom stereocenters. The van der Waals surface area contributed by atoms with Gasteiger partial charge in [-0.05, 0) is 17.3 Å². The van der Waals surface area contributed by atoms with E-state index in [1.54, 1.807) is 0 Å². The molecule has 0 saturated heterocycles. The minimum Gasteiger partial charge on any atom is -0.147 e. The summed E-state index contributed by atoms with van der Waals surface area (Å²) in [6, 6.07) is 0. The Hall–Kier alpha value is 1.56. The molecule has 0 N–H and O–H groups in total. The zero-order chi connectivity index (χ0) is 8.74. The molecule has 0 amide bonds. The van der Waals surface area contributed by atoms with E-state index in [9.17, 15) is 0 Å². The maximum Gasteiger partial charge on any atom is 0.335 e. The van der Waals surface area contributed by atoms with Crippen molar-refractivity contribution >= 4 is 49.5 Å². The Kier molecular flexibility index (Phi) is 8.00. The molecule has 0 radical (unpaired) electrons. The van der Waals surface area contributed by atoms with Gasteiger partial charge in [-0.2, -0.15) is 0 Å². The fraction of sp³-hybridized carbons (Fsp3) is 1.00. The lowest BCUT2D eigenvalue weighted by Gasteiger charge is -2.19. The first-order chi connectivity index (χ1) is 5.18. The van der Waals surface area contributed by atoms with Gasteiger partial charge in [-0.15, -0.1) is 44.7 Å². The van der Waals surface area contributed by atoms with Crippen molar-refractivity contribution in [2.75, 3.05) is 17.3 Å². The lowest BCUT2D eigenvalue weighted by atomic mass is 11.0. The maximum absolute atomic E-state index is 6.47. The van der Waals surface area contributed by atoms with Crippen LogP contribution in [0.25, 0.3) is 0 Å². The van der Waals surface area contributed by atoms with Gasteiger partial charge in [0.1, 0.15) is 0 Å². The number of rotatable bonds is 6. The van der Waals surface area contributed by atoms with Crippen LogP contribution in [-0.4, -0.2) is 22.1 Å². The van der Waals surface area contributed by atoms with Gasteiger partial charge in [-0.25, -0.2) is 0 Å². The predicted octanol–water partition coefficient (Wildman–Crippen LogP) is 3.92. The molecule has 0 spiro atoms. The van der Waals surface area contributed by atoms with Gasteiger partial charge in [-0.3, -0.25) is 0 Å². The lowest BCUT2D eigenvalue weighted by molar-refractivity contribution is 1.53. The number of hydrogen-bond acceptors (Lipinski definition) is 3. The van der Waals surface area contributed by atoms with Gasteiger partial charge in [0.25, 0.3) is 0 Å². The van der Waals surface area contributed by atoms with Crippen molar-refractivity contribution in [1.29, 1.82) is 0 Å². The highest BCUT2D eigenvalue weighted by atomic mass is 35.6. The van der Waals surface area contributed by atoms with E-state index in [4.69, 9.17) is 11.1 Å². The van der Waals surface area contributed by atoms with Crippen LogP contribution in [0.1, 0.15) is 20.8 Å². The molecule has 0 aromatic heterocycles. The fourth-order valence-electron chi connectivity index (χ4n) is 0.642. The van der Waals surface area contributed by atoms with E-state index in [1.165, 1.54) is 0 Å². The summed E-state index contributed by atoms with van der Waals surface area (Å²) in [6.45, 7) is 6.55. The van der Waals surface area contributed by atoms with Crippen molar-refractivity contribution in [2.24, 2.45) is 0 Å². The first-order valence-corrected chi connectivity index (χ1v) is 11.9. The van der Waals surface area contributed by atoms with Gasteiger partial charge >= 0.3 is 4.83 Å². The highest BCUT2D eigenvalue weighted by Gasteiger charge is 2.31. The van der Waals surface area contributed by atoms with Crippen LogP contribution in [0.15, 0.2) is 0 Å². The van der Waals surface area contributed by atoms with Crippen molar-refractivity contribution in [3.63, 3.8) is 0 Å². The van der Waals surface area contributed by atoms with Gasteiger partial charge in [-0.1, -0.05) is 20.8 Å². The van der Waals surface area contributed by atoms with Gasteiger partial charge in [0, 0.05) is 0 Å². The monoisotopic (exact) mass is 246 g/mol. The minimum atomic E-state index is -1.53. The van der Waals surface area contributed by atoms with Gasteiger partial charge in [0.2, 0.25) is 0 Å². The normalized spacial score (nSPS) is 12.0. The van der Waals surface area contributed by atoms with Crippen LogP contribution in [0.5, 0.6) is 0 Å². The van der Waals surface area contributed by atoms with E-state index in [2.05, 4.69) is 20.8 Å². The van der Waals surface area contributed by atoms with Crippen LogP contribution >= 0.6 is 44.7 Å². The van der Waals surface area contributed by atoms with Crippen LogP contribution < -0.4 is 0 Å². The molecular weight excluding hydrogens is 232 g/mol. The zero-order valence-corrected chi connectivity index (χ0v) is 11.4. The molecule has 0 saturated carbocycles. The molecule has 0 aromatic rings. The Morgan fingerprint density at radius 2 is 1.18 bits per heavy atom. The summed E-state index contributed by atoms with van der Waals surface area (Å²) in [5.74, 6) is 3.45. The Balaban J connectivity index is 3.79. The average molecular weight is 247 g/mol. The zero-order valence-electron chi connectivity index (χ0n) is 7.22. The first kappa shape index (κ1) is 12.6. The van der Waals surface area contributed by atoms with E-state index >= 15 is 0 Å². The molecule has 0 fully saturated rings.